The zero-order chi connectivity index (χ0) is 16.3. The van der Waals surface area contributed by atoms with Crippen LogP contribution in [0.3, 0.4) is 0 Å². The van der Waals surface area contributed by atoms with Crippen LogP contribution in [-0.2, 0) is 9.59 Å². The number of rotatable bonds is 3. The number of aryl methyl sites for hydroxylation is 1. The predicted octanol–water partition coefficient (Wildman–Crippen LogP) is 1.82. The Bertz CT molecular complexity index is 730. The summed E-state index contributed by atoms with van der Waals surface area (Å²) in [4.78, 5) is 27.2. The Hall–Kier alpha value is -2.89. The summed E-state index contributed by atoms with van der Waals surface area (Å²) in [5.74, 6) is -0.0415. The number of nitrogen functional groups attached to an aromatic ring is 1. The first-order valence-electron chi connectivity index (χ1n) is 6.65. The molecule has 0 aliphatic heterocycles. The van der Waals surface area contributed by atoms with E-state index < -0.39 is 0 Å². The van der Waals surface area contributed by atoms with Gasteiger partial charge in [-0.1, -0.05) is 0 Å². The van der Waals surface area contributed by atoms with Crippen molar-refractivity contribution in [1.82, 2.24) is 5.32 Å². The summed E-state index contributed by atoms with van der Waals surface area (Å²) in [6.07, 6.45) is 4.47. The largest absolute Gasteiger partial charge is 0.494 e. The summed E-state index contributed by atoms with van der Waals surface area (Å²) in [6, 6.07) is 3.50. The molecule has 1 aliphatic rings. The normalized spacial score (nSPS) is 15.7. The molecule has 0 spiro atoms. The van der Waals surface area contributed by atoms with Crippen LogP contribution in [0.1, 0.15) is 12.5 Å². The number of hydrogen-bond donors (Lipinski definition) is 2. The number of nitrogens with one attached hydrogen (secondary N) is 1. The Morgan fingerprint density at radius 1 is 1.32 bits per heavy atom. The molecule has 22 heavy (non-hydrogen) atoms. The number of benzene rings is 1. The number of anilines is 1. The molecule has 0 unspecified atom stereocenters. The molecule has 6 nitrogen and oxygen atoms in total. The van der Waals surface area contributed by atoms with Crippen LogP contribution in [0.4, 0.5) is 11.4 Å². The molecule has 0 bridgehead atoms. The molecule has 114 valence electrons. The summed E-state index contributed by atoms with van der Waals surface area (Å²) in [5.41, 5.74) is 8.67. The number of hydrogen-bond acceptors (Lipinski definition) is 5. The summed E-state index contributed by atoms with van der Waals surface area (Å²) in [7, 11) is 1.53. The molecule has 0 saturated heterocycles. The number of carbonyl (C=O) groups excluding carboxylic acids is 2. The second-order valence-electron chi connectivity index (χ2n) is 4.85. The lowest BCUT2D eigenvalue weighted by atomic mass is 10.1. The van der Waals surface area contributed by atoms with E-state index >= 15 is 0 Å². The fraction of sp³-hybridized carbons (Fsp3) is 0.188. The Labute approximate surface area is 128 Å². The molecule has 1 amide bonds. The van der Waals surface area contributed by atoms with Crippen molar-refractivity contribution in [3.05, 3.63) is 41.6 Å². The lowest BCUT2D eigenvalue weighted by Crippen LogP contribution is -2.26. The first-order valence-corrected chi connectivity index (χ1v) is 6.65. The Morgan fingerprint density at radius 3 is 2.68 bits per heavy atom. The van der Waals surface area contributed by atoms with Gasteiger partial charge in [0.2, 0.25) is 11.7 Å². The van der Waals surface area contributed by atoms with Crippen LogP contribution in [0.15, 0.2) is 41.1 Å². The van der Waals surface area contributed by atoms with E-state index in [0.717, 1.165) is 5.56 Å². The highest BCUT2D eigenvalue weighted by molar-refractivity contribution is 6.20. The van der Waals surface area contributed by atoms with Gasteiger partial charge in [0.15, 0.2) is 0 Å². The number of ether oxygens (including phenoxy) is 1. The second-order valence-corrected chi connectivity index (χ2v) is 4.85. The van der Waals surface area contributed by atoms with Crippen LogP contribution < -0.4 is 15.8 Å². The van der Waals surface area contributed by atoms with Crippen molar-refractivity contribution < 1.29 is 14.3 Å². The van der Waals surface area contributed by atoms with Gasteiger partial charge in [-0.3, -0.25) is 9.59 Å². The van der Waals surface area contributed by atoms with Gasteiger partial charge in [-0.05, 0) is 36.8 Å². The number of aliphatic imine (C=N–C) groups is 1. The number of nitrogens with zero attached hydrogens (tertiary/aromatic N) is 1. The van der Waals surface area contributed by atoms with E-state index in [1.54, 1.807) is 18.2 Å². The molecule has 3 N–H and O–H groups in total. The van der Waals surface area contributed by atoms with E-state index in [1.807, 2.05) is 6.92 Å². The van der Waals surface area contributed by atoms with Gasteiger partial charge in [-0.25, -0.2) is 4.99 Å². The van der Waals surface area contributed by atoms with E-state index in [0.29, 0.717) is 22.8 Å². The first-order chi connectivity index (χ1) is 10.4. The van der Waals surface area contributed by atoms with Gasteiger partial charge in [-0.2, -0.15) is 0 Å². The molecule has 0 aromatic heterocycles. The topological polar surface area (TPSA) is 93.8 Å². The fourth-order valence-electron chi connectivity index (χ4n) is 1.95. The Morgan fingerprint density at radius 2 is 2.05 bits per heavy atom. The molecule has 1 aromatic rings. The third kappa shape index (κ3) is 3.41. The van der Waals surface area contributed by atoms with Crippen LogP contribution in [0, 0.1) is 6.92 Å². The number of allylic oxidation sites excluding steroid dienone is 3. The third-order valence-electron chi connectivity index (χ3n) is 3.09. The van der Waals surface area contributed by atoms with Gasteiger partial charge in [0.25, 0.3) is 0 Å². The highest BCUT2D eigenvalue weighted by Crippen LogP contribution is 2.32. The zero-order valence-electron chi connectivity index (χ0n) is 12.6. The fourth-order valence-corrected chi connectivity index (χ4v) is 1.95. The molecular formula is C16H17N3O3. The van der Waals surface area contributed by atoms with E-state index in [2.05, 4.69) is 10.3 Å². The number of amides is 1. The zero-order valence-corrected chi connectivity index (χ0v) is 12.6. The quantitative estimate of drug-likeness (QED) is 0.657. The Kier molecular flexibility index (Phi) is 4.41. The monoisotopic (exact) mass is 299 g/mol. The van der Waals surface area contributed by atoms with Crippen molar-refractivity contribution in [2.24, 2.45) is 4.99 Å². The molecule has 0 radical (unpaired) electrons. The summed E-state index contributed by atoms with van der Waals surface area (Å²) in [5, 5.41) is 2.49. The summed E-state index contributed by atoms with van der Waals surface area (Å²) < 4.78 is 5.27. The van der Waals surface area contributed by atoms with E-state index in [9.17, 15) is 9.59 Å². The smallest absolute Gasteiger partial charge is 0.221 e. The minimum absolute atomic E-state index is 0.194. The average Bonchev–Trinajstić information content (AvgIpc) is 2.45. The maximum Gasteiger partial charge on any atom is 0.221 e. The van der Waals surface area contributed by atoms with Crippen LogP contribution >= 0.6 is 0 Å². The van der Waals surface area contributed by atoms with E-state index in [-0.39, 0.29) is 17.4 Å². The van der Waals surface area contributed by atoms with Gasteiger partial charge in [-0.15, -0.1) is 0 Å². The minimum atomic E-state index is -0.310. The van der Waals surface area contributed by atoms with E-state index in [1.165, 1.54) is 26.2 Å². The van der Waals surface area contributed by atoms with Crippen LogP contribution in [0.5, 0.6) is 5.75 Å². The van der Waals surface area contributed by atoms with Crippen LogP contribution in [0.2, 0.25) is 0 Å². The maximum absolute atomic E-state index is 11.7. The molecular weight excluding hydrogens is 282 g/mol. The second kappa shape index (κ2) is 6.26. The summed E-state index contributed by atoms with van der Waals surface area (Å²) in [6.45, 7) is 3.22. The van der Waals surface area contributed by atoms with Gasteiger partial charge in [0.05, 0.1) is 18.5 Å². The number of ketones is 1. The Balaban J connectivity index is 2.43. The average molecular weight is 299 g/mol. The lowest BCUT2D eigenvalue weighted by Gasteiger charge is -2.11. The number of nitrogens with two attached hydrogens (primary N) is 1. The van der Waals surface area contributed by atoms with Gasteiger partial charge < -0.3 is 15.8 Å². The van der Waals surface area contributed by atoms with Crippen LogP contribution in [0.25, 0.3) is 0 Å². The molecule has 0 atom stereocenters. The van der Waals surface area contributed by atoms with Crippen molar-refractivity contribution in [2.75, 3.05) is 12.8 Å². The van der Waals surface area contributed by atoms with Gasteiger partial charge >= 0.3 is 0 Å². The maximum atomic E-state index is 11.7. The highest BCUT2D eigenvalue weighted by Gasteiger charge is 2.14. The molecule has 0 saturated carbocycles. The predicted molar refractivity (Wildman–Crippen MR) is 85.3 cm³/mol. The van der Waals surface area contributed by atoms with Crippen molar-refractivity contribution in [3.8, 4) is 5.75 Å². The molecule has 1 aromatic carbocycles. The molecule has 2 rings (SSSR count). The molecule has 0 fully saturated rings. The highest BCUT2D eigenvalue weighted by atomic mass is 16.5. The van der Waals surface area contributed by atoms with E-state index in [4.69, 9.17) is 10.5 Å². The molecule has 1 aliphatic carbocycles. The third-order valence-corrected chi connectivity index (χ3v) is 3.09. The first kappa shape index (κ1) is 15.5. The van der Waals surface area contributed by atoms with Crippen molar-refractivity contribution in [2.45, 2.75) is 13.8 Å². The molecule has 6 heteroatoms. The number of carbonyl (C=O) groups is 2. The van der Waals surface area contributed by atoms with Gasteiger partial charge in [0, 0.05) is 18.7 Å². The number of methoxy groups -OCH3 is 1. The molecule has 0 heterocycles. The SMILES string of the molecule is COc1cc(N)c(C)cc1N=C1C=CC(=O)C(NC(C)=O)=C1. The standard InChI is InChI=1S/C16H17N3O3/c1-9-6-14(16(22-3)8-12(9)17)19-11-4-5-15(21)13(7-11)18-10(2)20/h4-8H,17H2,1-3H3,(H,18,20). The lowest BCUT2D eigenvalue weighted by molar-refractivity contribution is -0.120. The van der Waals surface area contributed by atoms with Crippen molar-refractivity contribution in [3.63, 3.8) is 0 Å². The van der Waals surface area contributed by atoms with Crippen LogP contribution in [-0.4, -0.2) is 24.5 Å². The van der Waals surface area contributed by atoms with Crippen molar-refractivity contribution in [1.29, 1.82) is 0 Å². The minimum Gasteiger partial charge on any atom is -0.494 e. The van der Waals surface area contributed by atoms with Gasteiger partial charge in [0.1, 0.15) is 11.4 Å². The summed E-state index contributed by atoms with van der Waals surface area (Å²) >= 11 is 0. The van der Waals surface area contributed by atoms with Crippen molar-refractivity contribution >= 4 is 28.8 Å².